The van der Waals surface area contributed by atoms with Gasteiger partial charge in [-0.25, -0.2) is 9.18 Å². The first-order chi connectivity index (χ1) is 9.74. The Kier molecular flexibility index (Phi) is 5.91. The van der Waals surface area contributed by atoms with Crippen molar-refractivity contribution in [2.24, 2.45) is 0 Å². The van der Waals surface area contributed by atoms with Gasteiger partial charge in [0.1, 0.15) is 5.82 Å². The molecule has 5 nitrogen and oxygen atoms in total. The maximum absolute atomic E-state index is 13.4. The van der Waals surface area contributed by atoms with E-state index < -0.39 is 35.4 Å². The highest BCUT2D eigenvalue weighted by Crippen LogP contribution is 2.31. The second-order valence-corrected chi connectivity index (χ2v) is 4.14. The standard InChI is InChI=1S/C12H14F4N2O3/c1-21-6-8(19)5-17-11(20)18-10-4-7(12(14,15)16)2-3-9(10)13/h2-4,8,19H,5-6H2,1H3,(H2,17,18,20). The van der Waals surface area contributed by atoms with Crippen molar-refractivity contribution in [2.45, 2.75) is 12.3 Å². The zero-order valence-electron chi connectivity index (χ0n) is 11.0. The molecule has 1 aromatic rings. The minimum atomic E-state index is -4.64. The van der Waals surface area contributed by atoms with Gasteiger partial charge >= 0.3 is 12.2 Å². The second-order valence-electron chi connectivity index (χ2n) is 4.14. The SMILES string of the molecule is COCC(O)CNC(=O)Nc1cc(C(F)(F)F)ccc1F. The lowest BCUT2D eigenvalue weighted by Gasteiger charge is -2.13. The Bertz CT molecular complexity index is 494. The predicted octanol–water partition coefficient (Wildman–Crippen LogP) is 1.97. The van der Waals surface area contributed by atoms with E-state index in [2.05, 4.69) is 10.1 Å². The van der Waals surface area contributed by atoms with Crippen LogP contribution in [0.3, 0.4) is 0 Å². The molecule has 0 aromatic heterocycles. The van der Waals surface area contributed by atoms with E-state index in [0.717, 1.165) is 0 Å². The van der Waals surface area contributed by atoms with Crippen molar-refractivity contribution < 1.29 is 32.2 Å². The zero-order chi connectivity index (χ0) is 16.0. The van der Waals surface area contributed by atoms with Crippen LogP contribution in [-0.4, -0.2) is 37.5 Å². The maximum Gasteiger partial charge on any atom is 0.416 e. The van der Waals surface area contributed by atoms with Crippen molar-refractivity contribution in [1.82, 2.24) is 5.32 Å². The number of hydrogen-bond acceptors (Lipinski definition) is 3. The minimum absolute atomic E-state index is 0.0296. The van der Waals surface area contributed by atoms with Gasteiger partial charge in [0.15, 0.2) is 0 Å². The number of rotatable bonds is 5. The smallest absolute Gasteiger partial charge is 0.389 e. The van der Waals surface area contributed by atoms with Crippen molar-refractivity contribution >= 4 is 11.7 Å². The van der Waals surface area contributed by atoms with Gasteiger partial charge < -0.3 is 20.5 Å². The monoisotopic (exact) mass is 310 g/mol. The molecular weight excluding hydrogens is 296 g/mol. The fourth-order valence-electron chi connectivity index (χ4n) is 1.43. The number of methoxy groups -OCH3 is 1. The number of carbonyl (C=O) groups is 1. The molecule has 0 saturated carbocycles. The number of nitrogens with one attached hydrogen (secondary N) is 2. The van der Waals surface area contributed by atoms with E-state index in [0.29, 0.717) is 18.2 Å². The van der Waals surface area contributed by atoms with Crippen LogP contribution >= 0.6 is 0 Å². The first kappa shape index (κ1) is 17.2. The number of anilines is 1. The molecule has 1 unspecified atom stereocenters. The lowest BCUT2D eigenvalue weighted by Crippen LogP contribution is -2.37. The van der Waals surface area contributed by atoms with Crippen molar-refractivity contribution in [2.75, 3.05) is 25.6 Å². The molecule has 0 spiro atoms. The largest absolute Gasteiger partial charge is 0.416 e. The Hall–Kier alpha value is -1.87. The molecule has 21 heavy (non-hydrogen) atoms. The lowest BCUT2D eigenvalue weighted by molar-refractivity contribution is -0.137. The van der Waals surface area contributed by atoms with Crippen LogP contribution in [0.25, 0.3) is 0 Å². The number of hydrogen-bond donors (Lipinski definition) is 3. The van der Waals surface area contributed by atoms with Crippen molar-refractivity contribution in [3.63, 3.8) is 0 Å². The van der Waals surface area contributed by atoms with Gasteiger partial charge in [0.25, 0.3) is 0 Å². The summed E-state index contributed by atoms with van der Waals surface area (Å²) in [6.45, 7) is -0.224. The van der Waals surface area contributed by atoms with Gasteiger partial charge in [-0.05, 0) is 18.2 Å². The second kappa shape index (κ2) is 7.23. The van der Waals surface area contributed by atoms with Gasteiger partial charge in [-0.2, -0.15) is 13.2 Å². The molecule has 0 bridgehead atoms. The van der Waals surface area contributed by atoms with Crippen LogP contribution < -0.4 is 10.6 Å². The number of halogens is 4. The van der Waals surface area contributed by atoms with Gasteiger partial charge in [0.2, 0.25) is 0 Å². The molecule has 1 aromatic carbocycles. The van der Waals surface area contributed by atoms with Crippen LogP contribution in [0, 0.1) is 5.82 Å². The number of alkyl halides is 3. The highest BCUT2D eigenvalue weighted by atomic mass is 19.4. The summed E-state index contributed by atoms with van der Waals surface area (Å²) in [5.41, 5.74) is -1.69. The summed E-state index contributed by atoms with van der Waals surface area (Å²) in [6, 6.07) is 0.725. The number of carbonyl (C=O) groups excluding carboxylic acids is 1. The quantitative estimate of drug-likeness (QED) is 0.728. The Balaban J connectivity index is 2.67. The van der Waals surface area contributed by atoms with Crippen molar-refractivity contribution in [3.05, 3.63) is 29.6 Å². The summed E-state index contributed by atoms with van der Waals surface area (Å²) in [7, 11) is 1.35. The van der Waals surface area contributed by atoms with E-state index in [-0.39, 0.29) is 13.2 Å². The molecule has 2 amide bonds. The van der Waals surface area contributed by atoms with E-state index in [4.69, 9.17) is 0 Å². The van der Waals surface area contributed by atoms with Gasteiger partial charge in [0, 0.05) is 13.7 Å². The number of amides is 2. The van der Waals surface area contributed by atoms with E-state index in [1.165, 1.54) is 7.11 Å². The third kappa shape index (κ3) is 5.56. The summed E-state index contributed by atoms with van der Waals surface area (Å²) >= 11 is 0. The highest BCUT2D eigenvalue weighted by molar-refractivity contribution is 5.89. The van der Waals surface area contributed by atoms with Crippen molar-refractivity contribution in [3.8, 4) is 0 Å². The fraction of sp³-hybridized carbons (Fsp3) is 0.417. The third-order valence-corrected chi connectivity index (χ3v) is 2.40. The van der Waals surface area contributed by atoms with E-state index in [1.54, 1.807) is 0 Å². The Labute approximate surface area is 117 Å². The third-order valence-electron chi connectivity index (χ3n) is 2.40. The molecule has 1 rings (SSSR count). The maximum atomic E-state index is 13.4. The van der Waals surface area contributed by atoms with Gasteiger partial charge in [-0.15, -0.1) is 0 Å². The van der Waals surface area contributed by atoms with Gasteiger partial charge in [-0.1, -0.05) is 0 Å². The van der Waals surface area contributed by atoms with Crippen LogP contribution in [-0.2, 0) is 10.9 Å². The number of ether oxygens (including phenoxy) is 1. The summed E-state index contributed by atoms with van der Waals surface area (Å²) in [4.78, 5) is 11.4. The number of benzene rings is 1. The van der Waals surface area contributed by atoms with Crippen LogP contribution in [0.5, 0.6) is 0 Å². The molecule has 0 aliphatic heterocycles. The first-order valence-electron chi connectivity index (χ1n) is 5.82. The summed E-state index contributed by atoms with van der Waals surface area (Å²) in [6.07, 6.45) is -5.62. The van der Waals surface area contributed by atoms with E-state index in [1.807, 2.05) is 5.32 Å². The highest BCUT2D eigenvalue weighted by Gasteiger charge is 2.31. The summed E-state index contributed by atoms with van der Waals surface area (Å²) < 4.78 is 55.4. The molecule has 118 valence electrons. The van der Waals surface area contributed by atoms with Crippen LogP contribution in [0.2, 0.25) is 0 Å². The molecule has 0 heterocycles. The average Bonchev–Trinajstić information content (AvgIpc) is 2.38. The summed E-state index contributed by atoms with van der Waals surface area (Å²) in [5.74, 6) is -1.00. The molecule has 3 N–H and O–H groups in total. The Morgan fingerprint density at radius 2 is 2.10 bits per heavy atom. The summed E-state index contributed by atoms with van der Waals surface area (Å²) in [5, 5.41) is 13.4. The molecular formula is C12H14F4N2O3. The van der Waals surface area contributed by atoms with Crippen molar-refractivity contribution in [1.29, 1.82) is 0 Å². The molecule has 0 aliphatic rings. The Morgan fingerprint density at radius 1 is 1.43 bits per heavy atom. The first-order valence-corrected chi connectivity index (χ1v) is 5.82. The molecule has 0 saturated heterocycles. The van der Waals surface area contributed by atoms with Gasteiger partial charge in [-0.3, -0.25) is 0 Å². The zero-order valence-corrected chi connectivity index (χ0v) is 11.0. The van der Waals surface area contributed by atoms with Crippen LogP contribution in [0.15, 0.2) is 18.2 Å². The number of aliphatic hydroxyl groups excluding tert-OH is 1. The van der Waals surface area contributed by atoms with E-state index >= 15 is 0 Å². The predicted molar refractivity (Wildman–Crippen MR) is 66.3 cm³/mol. The fourth-order valence-corrected chi connectivity index (χ4v) is 1.43. The molecule has 9 heteroatoms. The Morgan fingerprint density at radius 3 is 2.67 bits per heavy atom. The number of aliphatic hydroxyl groups is 1. The molecule has 0 radical (unpaired) electrons. The number of urea groups is 1. The molecule has 0 aliphatic carbocycles. The van der Waals surface area contributed by atoms with Crippen LogP contribution in [0.4, 0.5) is 28.0 Å². The van der Waals surface area contributed by atoms with Gasteiger partial charge in [0.05, 0.1) is 24.0 Å². The molecule has 1 atom stereocenters. The topological polar surface area (TPSA) is 70.6 Å². The minimum Gasteiger partial charge on any atom is -0.389 e. The average molecular weight is 310 g/mol. The normalized spacial score (nSPS) is 12.9. The van der Waals surface area contributed by atoms with Crippen LogP contribution in [0.1, 0.15) is 5.56 Å². The lowest BCUT2D eigenvalue weighted by atomic mass is 10.2. The molecule has 0 fully saturated rings. The van der Waals surface area contributed by atoms with E-state index in [9.17, 15) is 27.5 Å².